The summed E-state index contributed by atoms with van der Waals surface area (Å²) in [6, 6.07) is 0. The number of hydrogen-bond donors (Lipinski definition) is 1. The number of carbonyl (C=O) groups is 2. The van der Waals surface area contributed by atoms with Crippen LogP contribution in [0.25, 0.3) is 0 Å². The van der Waals surface area contributed by atoms with Gasteiger partial charge in [-0.15, -0.1) is 11.3 Å². The van der Waals surface area contributed by atoms with Crippen molar-refractivity contribution in [2.24, 2.45) is 0 Å². The van der Waals surface area contributed by atoms with Crippen LogP contribution in [0.4, 0.5) is 0 Å². The zero-order valence-corrected chi connectivity index (χ0v) is 9.87. The summed E-state index contributed by atoms with van der Waals surface area (Å²) < 4.78 is 0. The van der Waals surface area contributed by atoms with Crippen LogP contribution in [-0.2, 0) is 16.0 Å². The lowest BCUT2D eigenvalue weighted by Crippen LogP contribution is -2.29. The summed E-state index contributed by atoms with van der Waals surface area (Å²) in [7, 11) is 1.68. The molecule has 0 aliphatic rings. The van der Waals surface area contributed by atoms with Crippen molar-refractivity contribution in [1.29, 1.82) is 0 Å². The Balaban J connectivity index is 2.28. The van der Waals surface area contributed by atoms with E-state index in [2.05, 4.69) is 4.98 Å². The molecule has 0 aliphatic carbocycles. The van der Waals surface area contributed by atoms with Crippen molar-refractivity contribution in [2.75, 3.05) is 13.6 Å². The van der Waals surface area contributed by atoms with Crippen LogP contribution in [0.2, 0.25) is 0 Å². The van der Waals surface area contributed by atoms with Gasteiger partial charge < -0.3 is 10.0 Å². The van der Waals surface area contributed by atoms with Crippen LogP contribution < -0.4 is 0 Å². The van der Waals surface area contributed by atoms with Gasteiger partial charge in [-0.2, -0.15) is 0 Å². The van der Waals surface area contributed by atoms with Crippen molar-refractivity contribution in [1.82, 2.24) is 9.88 Å². The highest BCUT2D eigenvalue weighted by atomic mass is 32.1. The second-order valence-corrected chi connectivity index (χ2v) is 4.19. The van der Waals surface area contributed by atoms with Crippen LogP contribution in [-0.4, -0.2) is 40.5 Å². The Kier molecular flexibility index (Phi) is 4.91. The van der Waals surface area contributed by atoms with Crippen molar-refractivity contribution in [2.45, 2.75) is 19.3 Å². The molecular weight excluding hydrogens is 228 g/mol. The van der Waals surface area contributed by atoms with E-state index in [1.807, 2.05) is 5.38 Å². The lowest BCUT2D eigenvalue weighted by atomic mass is 10.2. The molecule has 1 aromatic rings. The van der Waals surface area contributed by atoms with Crippen LogP contribution in [0, 0.1) is 0 Å². The molecule has 0 saturated carbocycles. The van der Waals surface area contributed by atoms with Crippen LogP contribution in [0.15, 0.2) is 10.9 Å². The molecule has 1 rings (SSSR count). The number of carboxylic acid groups (broad SMARTS) is 1. The minimum Gasteiger partial charge on any atom is -0.481 e. The van der Waals surface area contributed by atoms with Gasteiger partial charge in [0.15, 0.2) is 0 Å². The van der Waals surface area contributed by atoms with E-state index in [0.29, 0.717) is 13.0 Å². The third-order valence-corrected chi connectivity index (χ3v) is 2.76. The van der Waals surface area contributed by atoms with Gasteiger partial charge in [-0.3, -0.25) is 9.59 Å². The van der Waals surface area contributed by atoms with Gasteiger partial charge in [0.1, 0.15) is 0 Å². The second kappa shape index (κ2) is 6.22. The van der Waals surface area contributed by atoms with E-state index in [1.165, 1.54) is 11.3 Å². The van der Waals surface area contributed by atoms with E-state index in [0.717, 1.165) is 5.69 Å². The van der Waals surface area contributed by atoms with Gasteiger partial charge in [-0.05, 0) is 6.42 Å². The first kappa shape index (κ1) is 12.6. The number of aromatic nitrogens is 1. The van der Waals surface area contributed by atoms with Crippen LogP contribution in [0.3, 0.4) is 0 Å². The Morgan fingerprint density at radius 2 is 2.31 bits per heavy atom. The van der Waals surface area contributed by atoms with Gasteiger partial charge in [0.25, 0.3) is 0 Å². The molecule has 0 bridgehead atoms. The Morgan fingerprint density at radius 3 is 2.88 bits per heavy atom. The second-order valence-electron chi connectivity index (χ2n) is 3.47. The fourth-order valence-corrected chi connectivity index (χ4v) is 1.77. The maximum absolute atomic E-state index is 11.6. The molecule has 88 valence electrons. The molecule has 6 heteroatoms. The highest BCUT2D eigenvalue weighted by molar-refractivity contribution is 7.07. The monoisotopic (exact) mass is 242 g/mol. The van der Waals surface area contributed by atoms with Gasteiger partial charge in [0.05, 0.1) is 17.6 Å². The first-order chi connectivity index (χ1) is 7.59. The number of hydrogen-bond acceptors (Lipinski definition) is 4. The standard InChI is InChI=1S/C10H14N2O3S/c1-12(4-2-3-10(14)15)9(13)5-8-6-16-7-11-8/h6-7H,2-5H2,1H3,(H,14,15). The molecule has 0 radical (unpaired) electrons. The summed E-state index contributed by atoms with van der Waals surface area (Å²) in [4.78, 5) is 27.5. The van der Waals surface area contributed by atoms with E-state index >= 15 is 0 Å². The third-order valence-electron chi connectivity index (χ3n) is 2.13. The van der Waals surface area contributed by atoms with Gasteiger partial charge in [-0.1, -0.05) is 0 Å². The van der Waals surface area contributed by atoms with E-state index in [-0.39, 0.29) is 18.7 Å². The Morgan fingerprint density at radius 1 is 1.56 bits per heavy atom. The number of carbonyl (C=O) groups excluding carboxylic acids is 1. The molecule has 1 N–H and O–H groups in total. The summed E-state index contributed by atoms with van der Waals surface area (Å²) in [6.45, 7) is 0.468. The fraction of sp³-hybridized carbons (Fsp3) is 0.500. The average Bonchev–Trinajstić information content (AvgIpc) is 2.69. The number of likely N-dealkylation sites (N-methyl/N-ethyl adjacent to an activating group) is 1. The normalized spacial score (nSPS) is 10.1. The number of aliphatic carboxylic acids is 1. The first-order valence-corrected chi connectivity index (χ1v) is 5.86. The molecule has 0 atom stereocenters. The quantitative estimate of drug-likeness (QED) is 0.808. The van der Waals surface area contributed by atoms with E-state index < -0.39 is 5.97 Å². The summed E-state index contributed by atoms with van der Waals surface area (Å²) in [5, 5.41) is 10.3. The van der Waals surface area contributed by atoms with E-state index in [9.17, 15) is 9.59 Å². The minimum absolute atomic E-state index is 0.0312. The van der Waals surface area contributed by atoms with Gasteiger partial charge in [-0.25, -0.2) is 4.98 Å². The third kappa shape index (κ3) is 4.39. The maximum Gasteiger partial charge on any atom is 0.303 e. The number of nitrogens with zero attached hydrogens (tertiary/aromatic N) is 2. The molecule has 1 amide bonds. The summed E-state index contributed by atoms with van der Waals surface area (Å²) in [5.74, 6) is -0.864. The fourth-order valence-electron chi connectivity index (χ4n) is 1.21. The number of thiazole rings is 1. The maximum atomic E-state index is 11.6. The highest BCUT2D eigenvalue weighted by Crippen LogP contribution is 2.04. The number of amides is 1. The van der Waals surface area contributed by atoms with Crippen molar-refractivity contribution in [3.63, 3.8) is 0 Å². The minimum atomic E-state index is -0.833. The molecule has 0 spiro atoms. The van der Waals surface area contributed by atoms with Crippen molar-refractivity contribution >= 4 is 23.2 Å². The van der Waals surface area contributed by atoms with Crippen molar-refractivity contribution < 1.29 is 14.7 Å². The predicted octanol–water partition coefficient (Wildman–Crippen LogP) is 1.01. The number of carboxylic acids is 1. The van der Waals surface area contributed by atoms with Crippen molar-refractivity contribution in [3.8, 4) is 0 Å². The predicted molar refractivity (Wildman–Crippen MR) is 60.3 cm³/mol. The average molecular weight is 242 g/mol. The molecule has 0 saturated heterocycles. The molecule has 0 aliphatic heterocycles. The SMILES string of the molecule is CN(CCCC(=O)O)C(=O)Cc1cscn1. The van der Waals surface area contributed by atoms with Crippen LogP contribution in [0.5, 0.6) is 0 Å². The molecule has 16 heavy (non-hydrogen) atoms. The highest BCUT2D eigenvalue weighted by Gasteiger charge is 2.10. The summed E-state index contributed by atoms with van der Waals surface area (Å²) in [6.07, 6.45) is 0.857. The lowest BCUT2D eigenvalue weighted by Gasteiger charge is -2.15. The Bertz CT molecular complexity index is 351. The molecule has 5 nitrogen and oxygen atoms in total. The molecule has 0 unspecified atom stereocenters. The van der Waals surface area contributed by atoms with Gasteiger partial charge in [0, 0.05) is 25.4 Å². The molecule has 1 aromatic heterocycles. The van der Waals surface area contributed by atoms with Crippen LogP contribution in [0.1, 0.15) is 18.5 Å². The summed E-state index contributed by atoms with van der Waals surface area (Å²) >= 11 is 1.46. The van der Waals surface area contributed by atoms with Gasteiger partial charge in [0.2, 0.25) is 5.91 Å². The Hall–Kier alpha value is -1.43. The molecule has 1 heterocycles. The zero-order valence-electron chi connectivity index (χ0n) is 9.05. The van der Waals surface area contributed by atoms with E-state index in [1.54, 1.807) is 17.5 Å². The van der Waals surface area contributed by atoms with Crippen LogP contribution >= 0.6 is 11.3 Å². The van der Waals surface area contributed by atoms with E-state index in [4.69, 9.17) is 5.11 Å². The largest absolute Gasteiger partial charge is 0.481 e. The molecular formula is C10H14N2O3S. The van der Waals surface area contributed by atoms with Gasteiger partial charge >= 0.3 is 5.97 Å². The van der Waals surface area contributed by atoms with Crippen molar-refractivity contribution in [3.05, 3.63) is 16.6 Å². The summed E-state index contributed by atoms with van der Waals surface area (Å²) in [5.41, 5.74) is 2.45. The smallest absolute Gasteiger partial charge is 0.303 e. The Labute approximate surface area is 97.7 Å². The first-order valence-electron chi connectivity index (χ1n) is 4.92. The zero-order chi connectivity index (χ0) is 12.0. The molecule has 0 fully saturated rings. The topological polar surface area (TPSA) is 70.5 Å². The lowest BCUT2D eigenvalue weighted by molar-refractivity contribution is -0.138. The molecule has 0 aromatic carbocycles. The number of rotatable bonds is 6.